The monoisotopic (exact) mass is 387 g/mol. The standard InChI is InChI=1S/C17H29N3O3S2/c1-14(2)16(19-25(22,23)15-8-6-13-24-15)17(21)18-9-7-12-20-10-4-3-5-11-20/h6,8,13-14,16,19H,3-5,7,9-12H2,1-2H3,(H,18,21)/t16-/m0/s1. The predicted molar refractivity (Wildman–Crippen MR) is 101 cm³/mol. The molecule has 8 heteroatoms. The third kappa shape index (κ3) is 6.36. The van der Waals surface area contributed by atoms with Crippen molar-refractivity contribution in [2.24, 2.45) is 5.92 Å². The summed E-state index contributed by atoms with van der Waals surface area (Å²) in [4.78, 5) is 14.9. The van der Waals surface area contributed by atoms with E-state index >= 15 is 0 Å². The summed E-state index contributed by atoms with van der Waals surface area (Å²) in [5.41, 5.74) is 0. The molecule has 1 aromatic rings. The molecule has 142 valence electrons. The first-order valence-electron chi connectivity index (χ1n) is 8.96. The van der Waals surface area contributed by atoms with Gasteiger partial charge < -0.3 is 10.2 Å². The van der Waals surface area contributed by atoms with E-state index in [1.807, 2.05) is 13.8 Å². The third-order valence-electron chi connectivity index (χ3n) is 4.39. The summed E-state index contributed by atoms with van der Waals surface area (Å²) >= 11 is 1.14. The fourth-order valence-corrected chi connectivity index (χ4v) is 5.29. The second kappa shape index (κ2) is 9.66. The number of amides is 1. The number of nitrogens with one attached hydrogen (secondary N) is 2. The number of likely N-dealkylation sites (tertiary alicyclic amines) is 1. The van der Waals surface area contributed by atoms with Crippen LogP contribution in [0, 0.1) is 5.92 Å². The van der Waals surface area contributed by atoms with E-state index in [1.54, 1.807) is 17.5 Å². The zero-order chi connectivity index (χ0) is 18.3. The molecular weight excluding hydrogens is 358 g/mol. The Morgan fingerprint density at radius 1 is 1.28 bits per heavy atom. The Bertz CT molecular complexity index is 624. The Morgan fingerprint density at radius 2 is 2.00 bits per heavy atom. The zero-order valence-corrected chi connectivity index (χ0v) is 16.7. The van der Waals surface area contributed by atoms with Crippen LogP contribution in [0.5, 0.6) is 0 Å². The van der Waals surface area contributed by atoms with Gasteiger partial charge in [-0.15, -0.1) is 11.3 Å². The summed E-state index contributed by atoms with van der Waals surface area (Å²) in [5.74, 6) is -0.384. The van der Waals surface area contributed by atoms with E-state index < -0.39 is 16.1 Å². The van der Waals surface area contributed by atoms with Gasteiger partial charge in [-0.2, -0.15) is 4.72 Å². The minimum absolute atomic E-state index is 0.128. The fraction of sp³-hybridized carbons (Fsp3) is 0.706. The molecule has 1 saturated heterocycles. The maximum Gasteiger partial charge on any atom is 0.250 e. The van der Waals surface area contributed by atoms with Crippen molar-refractivity contribution in [3.05, 3.63) is 17.5 Å². The molecule has 1 aliphatic heterocycles. The summed E-state index contributed by atoms with van der Waals surface area (Å²) in [6.45, 7) is 7.52. The van der Waals surface area contributed by atoms with Crippen LogP contribution >= 0.6 is 11.3 Å². The first-order chi connectivity index (χ1) is 11.9. The van der Waals surface area contributed by atoms with Crippen LogP contribution in [0.25, 0.3) is 0 Å². The molecule has 0 radical (unpaired) electrons. The summed E-state index contributed by atoms with van der Waals surface area (Å²) in [6.07, 6.45) is 4.71. The summed E-state index contributed by atoms with van der Waals surface area (Å²) in [7, 11) is -3.65. The second-order valence-corrected chi connectivity index (χ2v) is 9.71. The fourth-order valence-electron chi connectivity index (χ4n) is 2.94. The van der Waals surface area contributed by atoms with Gasteiger partial charge in [-0.25, -0.2) is 8.42 Å². The maximum absolute atomic E-state index is 12.4. The van der Waals surface area contributed by atoms with Crippen LogP contribution < -0.4 is 10.0 Å². The van der Waals surface area contributed by atoms with E-state index in [-0.39, 0.29) is 16.0 Å². The van der Waals surface area contributed by atoms with Crippen LogP contribution in [0.3, 0.4) is 0 Å². The van der Waals surface area contributed by atoms with E-state index in [0.29, 0.717) is 6.54 Å². The molecule has 0 aliphatic carbocycles. The molecule has 1 atom stereocenters. The number of carbonyl (C=O) groups is 1. The maximum atomic E-state index is 12.4. The molecule has 2 N–H and O–H groups in total. The van der Waals surface area contributed by atoms with Gasteiger partial charge in [-0.3, -0.25) is 4.79 Å². The van der Waals surface area contributed by atoms with Gasteiger partial charge in [0.25, 0.3) is 10.0 Å². The molecule has 0 aromatic carbocycles. The van der Waals surface area contributed by atoms with Crippen LogP contribution in [0.2, 0.25) is 0 Å². The molecule has 6 nitrogen and oxygen atoms in total. The molecule has 2 rings (SSSR count). The van der Waals surface area contributed by atoms with E-state index in [1.165, 1.54) is 19.3 Å². The molecule has 0 bridgehead atoms. The molecule has 1 amide bonds. The molecular formula is C17H29N3O3S2. The molecule has 25 heavy (non-hydrogen) atoms. The van der Waals surface area contributed by atoms with Crippen LogP contribution in [-0.2, 0) is 14.8 Å². The molecule has 0 saturated carbocycles. The van der Waals surface area contributed by atoms with Crippen molar-refractivity contribution in [1.82, 2.24) is 14.9 Å². The zero-order valence-electron chi connectivity index (χ0n) is 15.0. The summed E-state index contributed by atoms with van der Waals surface area (Å²) < 4.78 is 27.5. The van der Waals surface area contributed by atoms with Crippen LogP contribution in [-0.4, -0.2) is 51.4 Å². The number of sulfonamides is 1. The van der Waals surface area contributed by atoms with Gasteiger partial charge in [-0.05, 0) is 56.3 Å². The number of hydrogen-bond donors (Lipinski definition) is 2. The van der Waals surface area contributed by atoms with Gasteiger partial charge in [0, 0.05) is 6.54 Å². The van der Waals surface area contributed by atoms with Crippen molar-refractivity contribution < 1.29 is 13.2 Å². The Balaban J connectivity index is 1.81. The summed E-state index contributed by atoms with van der Waals surface area (Å²) in [5, 5.41) is 4.59. The molecule has 2 heterocycles. The van der Waals surface area contributed by atoms with E-state index in [0.717, 1.165) is 37.4 Å². The van der Waals surface area contributed by atoms with Gasteiger partial charge >= 0.3 is 0 Å². The first-order valence-corrected chi connectivity index (χ1v) is 11.3. The van der Waals surface area contributed by atoms with Crippen molar-refractivity contribution in [3.8, 4) is 0 Å². The van der Waals surface area contributed by atoms with Gasteiger partial charge in [0.2, 0.25) is 5.91 Å². The minimum atomic E-state index is -3.65. The number of piperidine rings is 1. The quantitative estimate of drug-likeness (QED) is 0.636. The molecule has 0 unspecified atom stereocenters. The first kappa shape index (κ1) is 20.4. The van der Waals surface area contributed by atoms with Gasteiger partial charge in [-0.1, -0.05) is 26.3 Å². The minimum Gasteiger partial charge on any atom is -0.355 e. The van der Waals surface area contributed by atoms with Crippen molar-refractivity contribution >= 4 is 27.3 Å². The van der Waals surface area contributed by atoms with Crippen LogP contribution in [0.4, 0.5) is 0 Å². The second-order valence-electron chi connectivity index (χ2n) is 6.82. The highest BCUT2D eigenvalue weighted by molar-refractivity contribution is 7.91. The van der Waals surface area contributed by atoms with Crippen LogP contribution in [0.1, 0.15) is 39.5 Å². The highest BCUT2D eigenvalue weighted by Gasteiger charge is 2.28. The average molecular weight is 388 g/mol. The number of rotatable bonds is 9. The molecule has 0 spiro atoms. The lowest BCUT2D eigenvalue weighted by Crippen LogP contribution is -2.49. The van der Waals surface area contributed by atoms with Crippen molar-refractivity contribution in [2.75, 3.05) is 26.2 Å². The molecule has 1 aromatic heterocycles. The Hall–Kier alpha value is -0.960. The van der Waals surface area contributed by atoms with Gasteiger partial charge in [0.15, 0.2) is 0 Å². The lowest BCUT2D eigenvalue weighted by atomic mass is 10.1. The number of hydrogen-bond acceptors (Lipinski definition) is 5. The third-order valence-corrected chi connectivity index (χ3v) is 7.23. The highest BCUT2D eigenvalue weighted by atomic mass is 32.2. The smallest absolute Gasteiger partial charge is 0.250 e. The SMILES string of the molecule is CC(C)[C@H](NS(=O)(=O)c1cccs1)C(=O)NCCCN1CCCCC1. The van der Waals surface area contributed by atoms with E-state index in [2.05, 4.69) is 14.9 Å². The summed E-state index contributed by atoms with van der Waals surface area (Å²) in [6, 6.07) is 2.47. The Morgan fingerprint density at radius 3 is 2.60 bits per heavy atom. The van der Waals surface area contributed by atoms with Gasteiger partial charge in [0.05, 0.1) is 0 Å². The van der Waals surface area contributed by atoms with Crippen molar-refractivity contribution in [1.29, 1.82) is 0 Å². The van der Waals surface area contributed by atoms with Crippen molar-refractivity contribution in [3.63, 3.8) is 0 Å². The molecule has 1 aliphatic rings. The largest absolute Gasteiger partial charge is 0.355 e. The Labute approximate surface area is 155 Å². The number of nitrogens with zero attached hydrogens (tertiary/aromatic N) is 1. The van der Waals surface area contributed by atoms with Crippen LogP contribution in [0.15, 0.2) is 21.7 Å². The lowest BCUT2D eigenvalue weighted by molar-refractivity contribution is -0.123. The number of carbonyl (C=O) groups excluding carboxylic acids is 1. The number of thiophene rings is 1. The van der Waals surface area contributed by atoms with Gasteiger partial charge in [0.1, 0.15) is 10.3 Å². The average Bonchev–Trinajstić information content (AvgIpc) is 3.13. The van der Waals surface area contributed by atoms with E-state index in [9.17, 15) is 13.2 Å². The topological polar surface area (TPSA) is 78.5 Å². The van der Waals surface area contributed by atoms with E-state index in [4.69, 9.17) is 0 Å². The normalized spacial score (nSPS) is 17.6. The Kier molecular flexibility index (Phi) is 7.86. The molecule has 1 fully saturated rings. The predicted octanol–water partition coefficient (Wildman–Crippen LogP) is 2.04. The highest BCUT2D eigenvalue weighted by Crippen LogP contribution is 2.17. The lowest BCUT2D eigenvalue weighted by Gasteiger charge is -2.26. The van der Waals surface area contributed by atoms with Crippen molar-refractivity contribution in [2.45, 2.75) is 49.8 Å².